The fourth-order valence-corrected chi connectivity index (χ4v) is 1.22. The molecule has 0 aromatic heterocycles. The topological polar surface area (TPSA) is 20.2 Å². The molecule has 1 nitrogen and oxygen atoms in total. The Hall–Kier alpha value is 0.0500. The molecule has 0 aliphatic carbocycles. The molecule has 0 heterocycles. The first kappa shape index (κ1) is 10.1. The van der Waals surface area contributed by atoms with Crippen LogP contribution in [-0.2, 0) is 0 Å². The molecule has 1 atom stereocenters. The Bertz CT molecular complexity index is 245. The molecule has 4 heteroatoms. The van der Waals surface area contributed by atoms with Gasteiger partial charge in [0, 0.05) is 5.02 Å². The number of aliphatic hydroxyl groups excluding tert-OH is 1. The fourth-order valence-electron chi connectivity index (χ4n) is 0.805. The quantitative estimate of drug-likeness (QED) is 0.767. The van der Waals surface area contributed by atoms with Crippen molar-refractivity contribution in [3.8, 4) is 0 Å². The van der Waals surface area contributed by atoms with Crippen molar-refractivity contribution in [2.75, 3.05) is 0 Å². The Morgan fingerprint density at radius 2 is 1.58 bits per heavy atom. The summed E-state index contributed by atoms with van der Waals surface area (Å²) < 4.78 is 0. The lowest BCUT2D eigenvalue weighted by atomic mass is 10.1. The van der Waals surface area contributed by atoms with Gasteiger partial charge in [-0.2, -0.15) is 0 Å². The van der Waals surface area contributed by atoms with Crippen molar-refractivity contribution in [2.45, 2.75) is 10.9 Å². The van der Waals surface area contributed by atoms with Gasteiger partial charge in [0.25, 0.3) is 0 Å². The van der Waals surface area contributed by atoms with Gasteiger partial charge in [0.2, 0.25) is 0 Å². The SMILES string of the molecule is O[C@@H](c1ccc(Cl)cc1)C(Cl)Cl. The number of rotatable bonds is 2. The van der Waals surface area contributed by atoms with Gasteiger partial charge in [0.15, 0.2) is 0 Å². The molecular formula is C8H7Cl3O. The molecule has 0 aliphatic heterocycles. The van der Waals surface area contributed by atoms with Crippen LogP contribution in [0.1, 0.15) is 11.7 Å². The van der Waals surface area contributed by atoms with Gasteiger partial charge in [0.1, 0.15) is 10.9 Å². The van der Waals surface area contributed by atoms with Crippen molar-refractivity contribution in [3.63, 3.8) is 0 Å². The first-order valence-electron chi connectivity index (χ1n) is 3.33. The highest BCUT2D eigenvalue weighted by Crippen LogP contribution is 2.24. The van der Waals surface area contributed by atoms with Crippen molar-refractivity contribution in [2.24, 2.45) is 0 Å². The lowest BCUT2D eigenvalue weighted by Crippen LogP contribution is -2.05. The molecule has 0 aliphatic rings. The average Bonchev–Trinajstić information content (AvgIpc) is 2.04. The van der Waals surface area contributed by atoms with E-state index in [-0.39, 0.29) is 0 Å². The summed E-state index contributed by atoms with van der Waals surface area (Å²) >= 11 is 16.6. The molecule has 0 amide bonds. The van der Waals surface area contributed by atoms with Crippen molar-refractivity contribution in [3.05, 3.63) is 34.9 Å². The van der Waals surface area contributed by atoms with Crippen LogP contribution in [-0.4, -0.2) is 9.94 Å². The Morgan fingerprint density at radius 3 is 2.00 bits per heavy atom. The van der Waals surface area contributed by atoms with E-state index in [1.165, 1.54) is 0 Å². The summed E-state index contributed by atoms with van der Waals surface area (Å²) in [6, 6.07) is 6.72. The third-order valence-electron chi connectivity index (χ3n) is 1.45. The second-order valence-corrected chi connectivity index (χ2v) is 3.93. The molecule has 0 spiro atoms. The second kappa shape index (κ2) is 4.33. The van der Waals surface area contributed by atoms with Crippen LogP contribution in [0.2, 0.25) is 5.02 Å². The van der Waals surface area contributed by atoms with E-state index in [0.29, 0.717) is 10.6 Å². The molecule has 0 unspecified atom stereocenters. The maximum atomic E-state index is 9.38. The van der Waals surface area contributed by atoms with Gasteiger partial charge in [-0.25, -0.2) is 0 Å². The van der Waals surface area contributed by atoms with E-state index >= 15 is 0 Å². The van der Waals surface area contributed by atoms with Crippen LogP contribution in [0.25, 0.3) is 0 Å². The molecule has 1 aromatic rings. The highest BCUT2D eigenvalue weighted by atomic mass is 35.5. The van der Waals surface area contributed by atoms with Crippen LogP contribution in [0.15, 0.2) is 24.3 Å². The molecule has 0 saturated heterocycles. The summed E-state index contributed by atoms with van der Waals surface area (Å²) in [7, 11) is 0. The van der Waals surface area contributed by atoms with Gasteiger partial charge in [0.05, 0.1) is 0 Å². The summed E-state index contributed by atoms with van der Waals surface area (Å²) in [6.07, 6.45) is -0.856. The fraction of sp³-hybridized carbons (Fsp3) is 0.250. The van der Waals surface area contributed by atoms with E-state index in [0.717, 1.165) is 0 Å². The molecule has 1 aromatic carbocycles. The van der Waals surface area contributed by atoms with E-state index in [2.05, 4.69) is 0 Å². The third kappa shape index (κ3) is 2.53. The maximum Gasteiger partial charge on any atom is 0.137 e. The van der Waals surface area contributed by atoms with Gasteiger partial charge in [-0.1, -0.05) is 23.7 Å². The molecule has 0 bridgehead atoms. The van der Waals surface area contributed by atoms with Gasteiger partial charge in [-0.15, -0.1) is 23.2 Å². The zero-order chi connectivity index (χ0) is 9.14. The molecule has 0 fully saturated rings. The van der Waals surface area contributed by atoms with E-state index in [4.69, 9.17) is 34.8 Å². The van der Waals surface area contributed by atoms with E-state index < -0.39 is 10.9 Å². The Kier molecular flexibility index (Phi) is 3.66. The molecule has 1 rings (SSSR count). The van der Waals surface area contributed by atoms with E-state index in [1.54, 1.807) is 24.3 Å². The zero-order valence-corrected chi connectivity index (χ0v) is 8.31. The van der Waals surface area contributed by atoms with Crippen molar-refractivity contribution < 1.29 is 5.11 Å². The number of benzene rings is 1. The van der Waals surface area contributed by atoms with Crippen LogP contribution in [0.4, 0.5) is 0 Å². The van der Waals surface area contributed by atoms with Gasteiger partial charge < -0.3 is 5.11 Å². The first-order valence-corrected chi connectivity index (χ1v) is 4.58. The van der Waals surface area contributed by atoms with Crippen LogP contribution in [0, 0.1) is 0 Å². The maximum absolute atomic E-state index is 9.38. The summed E-state index contributed by atoms with van der Waals surface area (Å²) in [5, 5.41) is 10.00. The number of hydrogen-bond donors (Lipinski definition) is 1. The van der Waals surface area contributed by atoms with Crippen LogP contribution < -0.4 is 0 Å². The minimum Gasteiger partial charge on any atom is -0.386 e. The molecule has 0 radical (unpaired) electrons. The smallest absolute Gasteiger partial charge is 0.137 e. The zero-order valence-electron chi connectivity index (χ0n) is 6.05. The van der Waals surface area contributed by atoms with Crippen molar-refractivity contribution in [1.29, 1.82) is 0 Å². The number of alkyl halides is 2. The van der Waals surface area contributed by atoms with Gasteiger partial charge in [-0.05, 0) is 17.7 Å². The molecule has 0 saturated carbocycles. The van der Waals surface area contributed by atoms with E-state index in [1.807, 2.05) is 0 Å². The van der Waals surface area contributed by atoms with Crippen LogP contribution >= 0.6 is 34.8 Å². The molecule has 12 heavy (non-hydrogen) atoms. The van der Waals surface area contributed by atoms with Gasteiger partial charge in [-0.3, -0.25) is 0 Å². The minimum absolute atomic E-state index is 0.617. The third-order valence-corrected chi connectivity index (χ3v) is 2.18. The number of hydrogen-bond acceptors (Lipinski definition) is 1. The number of halogens is 3. The summed E-state index contributed by atoms with van der Waals surface area (Å²) in [4.78, 5) is -0.814. The Morgan fingerprint density at radius 1 is 1.08 bits per heavy atom. The lowest BCUT2D eigenvalue weighted by molar-refractivity contribution is 0.193. The second-order valence-electron chi connectivity index (χ2n) is 2.33. The van der Waals surface area contributed by atoms with E-state index in [9.17, 15) is 5.11 Å². The highest BCUT2D eigenvalue weighted by molar-refractivity contribution is 6.44. The summed E-state index contributed by atoms with van der Waals surface area (Å²) in [6.45, 7) is 0. The predicted molar refractivity (Wildman–Crippen MR) is 51.9 cm³/mol. The Balaban J connectivity index is 2.82. The highest BCUT2D eigenvalue weighted by Gasteiger charge is 2.14. The number of aliphatic hydroxyl groups is 1. The van der Waals surface area contributed by atoms with Gasteiger partial charge >= 0.3 is 0 Å². The average molecular weight is 226 g/mol. The predicted octanol–water partition coefficient (Wildman–Crippen LogP) is 3.18. The Labute approximate surface area is 85.9 Å². The van der Waals surface area contributed by atoms with Crippen molar-refractivity contribution in [1.82, 2.24) is 0 Å². The summed E-state index contributed by atoms with van der Waals surface area (Å²) in [5.74, 6) is 0. The van der Waals surface area contributed by atoms with Crippen LogP contribution in [0.3, 0.4) is 0 Å². The molecule has 1 N–H and O–H groups in total. The first-order chi connectivity index (χ1) is 5.61. The van der Waals surface area contributed by atoms with Crippen LogP contribution in [0.5, 0.6) is 0 Å². The normalized spacial score (nSPS) is 13.4. The van der Waals surface area contributed by atoms with Crippen molar-refractivity contribution >= 4 is 34.8 Å². The lowest BCUT2D eigenvalue weighted by Gasteiger charge is -2.10. The summed E-state index contributed by atoms with van der Waals surface area (Å²) in [5.41, 5.74) is 0.661. The molecular weight excluding hydrogens is 218 g/mol. The largest absolute Gasteiger partial charge is 0.386 e. The monoisotopic (exact) mass is 224 g/mol. The standard InChI is InChI=1S/C8H7Cl3O/c9-6-3-1-5(2-4-6)7(12)8(10)11/h1-4,7-8,12H/t7-/m0/s1. The minimum atomic E-state index is -0.856. The molecule has 66 valence electrons.